The highest BCUT2D eigenvalue weighted by Gasteiger charge is 2.62. The number of imide groups is 1. The van der Waals surface area contributed by atoms with Gasteiger partial charge in [0.2, 0.25) is 17.7 Å². The molecule has 0 radical (unpaired) electrons. The summed E-state index contributed by atoms with van der Waals surface area (Å²) < 4.78 is 0. The van der Waals surface area contributed by atoms with Crippen LogP contribution in [0.2, 0.25) is 5.02 Å². The zero-order valence-electron chi connectivity index (χ0n) is 19.7. The van der Waals surface area contributed by atoms with Crippen LogP contribution in [0.3, 0.4) is 0 Å². The number of rotatable bonds is 6. The summed E-state index contributed by atoms with van der Waals surface area (Å²) in [5.41, 5.74) is 5.07. The van der Waals surface area contributed by atoms with E-state index in [-0.39, 0.29) is 29.6 Å². The number of thioether (sulfide) groups is 1. The molecule has 3 atom stereocenters. The SMILES string of the molecule is CSCCC(C(=O)Nc1ccc(Cl)cc1)N1C(=O)C2C3c4ccccc4C(c4ccccc43)C2C1=O. The minimum atomic E-state index is -0.871. The fourth-order valence-electron chi connectivity index (χ4n) is 6.37. The molecule has 0 aromatic heterocycles. The average Bonchev–Trinajstić information content (AvgIpc) is 3.16. The molecule has 0 spiro atoms. The summed E-state index contributed by atoms with van der Waals surface area (Å²) in [6.07, 6.45) is 2.35. The van der Waals surface area contributed by atoms with E-state index in [1.165, 1.54) is 4.90 Å². The topological polar surface area (TPSA) is 66.5 Å². The molecular weight excluding hydrogens is 492 g/mol. The maximum atomic E-state index is 14.1. The number of amides is 3. The predicted octanol–water partition coefficient (Wildman–Crippen LogP) is 5.29. The molecule has 1 fully saturated rings. The van der Waals surface area contributed by atoms with Gasteiger partial charge in [0.1, 0.15) is 6.04 Å². The largest absolute Gasteiger partial charge is 0.324 e. The van der Waals surface area contributed by atoms with Crippen LogP contribution in [0.4, 0.5) is 5.69 Å². The molecule has 1 aliphatic heterocycles. The molecule has 182 valence electrons. The van der Waals surface area contributed by atoms with Gasteiger partial charge in [0.05, 0.1) is 11.8 Å². The molecule has 1 heterocycles. The third-order valence-electron chi connectivity index (χ3n) is 7.80. The number of nitrogens with zero attached hydrogens (tertiary/aromatic N) is 1. The Morgan fingerprint density at radius 3 is 1.78 bits per heavy atom. The van der Waals surface area contributed by atoms with E-state index in [9.17, 15) is 14.4 Å². The van der Waals surface area contributed by atoms with Gasteiger partial charge in [-0.15, -0.1) is 0 Å². The van der Waals surface area contributed by atoms with Crippen LogP contribution < -0.4 is 5.32 Å². The lowest BCUT2D eigenvalue weighted by atomic mass is 9.55. The van der Waals surface area contributed by atoms with E-state index in [0.29, 0.717) is 22.9 Å². The first-order chi connectivity index (χ1) is 17.5. The third-order valence-corrected chi connectivity index (χ3v) is 8.70. The minimum Gasteiger partial charge on any atom is -0.324 e. The average molecular weight is 517 g/mol. The van der Waals surface area contributed by atoms with Gasteiger partial charge < -0.3 is 5.32 Å². The lowest BCUT2D eigenvalue weighted by Crippen LogP contribution is -2.48. The van der Waals surface area contributed by atoms with E-state index in [4.69, 9.17) is 11.6 Å². The molecular formula is C29H25ClN2O3S. The van der Waals surface area contributed by atoms with Gasteiger partial charge in [-0.3, -0.25) is 19.3 Å². The van der Waals surface area contributed by atoms with E-state index in [2.05, 4.69) is 29.6 Å². The monoisotopic (exact) mass is 516 g/mol. The maximum Gasteiger partial charge on any atom is 0.247 e. The molecule has 3 aromatic carbocycles. The van der Waals surface area contributed by atoms with Crippen molar-refractivity contribution in [1.82, 2.24) is 4.90 Å². The van der Waals surface area contributed by atoms with Gasteiger partial charge in [0, 0.05) is 22.5 Å². The number of hydrogen-bond donors (Lipinski definition) is 1. The van der Waals surface area contributed by atoms with E-state index < -0.39 is 17.9 Å². The van der Waals surface area contributed by atoms with Crippen LogP contribution in [0, 0.1) is 11.8 Å². The summed E-state index contributed by atoms with van der Waals surface area (Å²) in [4.78, 5) is 42.9. The summed E-state index contributed by atoms with van der Waals surface area (Å²) >= 11 is 7.58. The van der Waals surface area contributed by atoms with Crippen molar-refractivity contribution in [3.8, 4) is 0 Å². The van der Waals surface area contributed by atoms with Gasteiger partial charge >= 0.3 is 0 Å². The predicted molar refractivity (Wildman–Crippen MR) is 142 cm³/mol. The standard InChI is InChI=1S/C29H25ClN2O3S/c1-36-15-14-22(27(33)31-17-12-10-16(30)11-13-17)32-28(34)25-23-18-6-2-3-7-19(18)24(26(25)29(32)35)21-9-5-4-8-20(21)23/h2-13,22-26H,14-15H2,1H3,(H,31,33). The second-order valence-corrected chi connectivity index (χ2v) is 11.0. The summed E-state index contributed by atoms with van der Waals surface area (Å²) in [6.45, 7) is 0. The van der Waals surface area contributed by atoms with Crippen LogP contribution in [0.5, 0.6) is 0 Å². The number of halogens is 1. The Morgan fingerprint density at radius 2 is 1.33 bits per heavy atom. The smallest absolute Gasteiger partial charge is 0.247 e. The molecule has 7 heteroatoms. The minimum absolute atomic E-state index is 0.186. The molecule has 7 rings (SSSR count). The Balaban J connectivity index is 1.39. The first kappa shape index (κ1) is 23.3. The van der Waals surface area contributed by atoms with Gasteiger partial charge in [-0.1, -0.05) is 60.1 Å². The number of nitrogens with one attached hydrogen (secondary N) is 1. The van der Waals surface area contributed by atoms with Crippen LogP contribution in [-0.2, 0) is 14.4 Å². The number of benzene rings is 3. The number of anilines is 1. The van der Waals surface area contributed by atoms with E-state index in [0.717, 1.165) is 22.3 Å². The van der Waals surface area contributed by atoms with Gasteiger partial charge in [-0.2, -0.15) is 11.8 Å². The molecule has 1 N–H and O–H groups in total. The van der Waals surface area contributed by atoms with Crippen LogP contribution in [0.25, 0.3) is 0 Å². The molecule has 0 saturated carbocycles. The first-order valence-electron chi connectivity index (χ1n) is 12.1. The lowest BCUT2D eigenvalue weighted by molar-refractivity contribution is -0.146. The highest BCUT2D eigenvalue weighted by atomic mass is 35.5. The van der Waals surface area contributed by atoms with E-state index >= 15 is 0 Å². The molecule has 2 bridgehead atoms. The molecule has 3 aliphatic carbocycles. The van der Waals surface area contributed by atoms with Gasteiger partial charge in [-0.25, -0.2) is 0 Å². The molecule has 4 aliphatic rings. The van der Waals surface area contributed by atoms with E-state index in [1.54, 1.807) is 36.0 Å². The fourth-order valence-corrected chi connectivity index (χ4v) is 6.96. The Kier molecular flexibility index (Phi) is 5.89. The summed E-state index contributed by atoms with van der Waals surface area (Å²) in [5, 5.41) is 3.46. The van der Waals surface area contributed by atoms with Crippen molar-refractivity contribution in [3.63, 3.8) is 0 Å². The summed E-state index contributed by atoms with van der Waals surface area (Å²) in [7, 11) is 0. The third kappa shape index (κ3) is 3.50. The highest BCUT2D eigenvalue weighted by molar-refractivity contribution is 7.98. The molecule has 36 heavy (non-hydrogen) atoms. The van der Waals surface area contributed by atoms with Crippen LogP contribution in [0.1, 0.15) is 40.5 Å². The second-order valence-electron chi connectivity index (χ2n) is 9.60. The summed E-state index contributed by atoms with van der Waals surface area (Å²) in [6, 6.07) is 22.3. The van der Waals surface area contributed by atoms with Crippen molar-refractivity contribution in [2.75, 3.05) is 17.3 Å². The summed E-state index contributed by atoms with van der Waals surface area (Å²) in [5.74, 6) is -1.53. The highest BCUT2D eigenvalue weighted by Crippen LogP contribution is 2.61. The lowest BCUT2D eigenvalue weighted by Gasteiger charge is -2.45. The quantitative estimate of drug-likeness (QED) is 0.452. The van der Waals surface area contributed by atoms with Crippen LogP contribution >= 0.6 is 23.4 Å². The molecule has 5 nitrogen and oxygen atoms in total. The van der Waals surface area contributed by atoms with Crippen LogP contribution in [-0.4, -0.2) is 40.7 Å². The number of carbonyl (C=O) groups is 3. The van der Waals surface area contributed by atoms with Gasteiger partial charge in [0.15, 0.2) is 0 Å². The molecule has 3 aromatic rings. The molecule has 3 amide bonds. The van der Waals surface area contributed by atoms with E-state index in [1.807, 2.05) is 30.5 Å². The van der Waals surface area contributed by atoms with Crippen molar-refractivity contribution in [3.05, 3.63) is 100 Å². The van der Waals surface area contributed by atoms with Crippen molar-refractivity contribution in [1.29, 1.82) is 0 Å². The van der Waals surface area contributed by atoms with Crippen molar-refractivity contribution < 1.29 is 14.4 Å². The number of hydrogen-bond acceptors (Lipinski definition) is 4. The van der Waals surface area contributed by atoms with Crippen molar-refractivity contribution >= 4 is 46.8 Å². The van der Waals surface area contributed by atoms with Crippen molar-refractivity contribution in [2.45, 2.75) is 24.3 Å². The first-order valence-corrected chi connectivity index (χ1v) is 13.9. The Bertz CT molecular complexity index is 1260. The fraction of sp³-hybridized carbons (Fsp3) is 0.276. The zero-order valence-corrected chi connectivity index (χ0v) is 21.3. The Morgan fingerprint density at radius 1 is 0.861 bits per heavy atom. The number of carbonyl (C=O) groups excluding carboxylic acids is 3. The van der Waals surface area contributed by atoms with Crippen LogP contribution in [0.15, 0.2) is 72.8 Å². The molecule has 3 unspecified atom stereocenters. The Hall–Kier alpha value is -3.09. The molecule has 1 saturated heterocycles. The van der Waals surface area contributed by atoms with Gasteiger partial charge in [-0.05, 0) is 64.9 Å². The zero-order chi connectivity index (χ0) is 25.0. The maximum absolute atomic E-state index is 14.1. The number of likely N-dealkylation sites (tertiary alicyclic amines) is 1. The Labute approximate surface area is 219 Å². The van der Waals surface area contributed by atoms with Crippen molar-refractivity contribution in [2.24, 2.45) is 11.8 Å². The second kappa shape index (κ2) is 9.09. The van der Waals surface area contributed by atoms with Gasteiger partial charge in [0.25, 0.3) is 0 Å². The normalized spacial score (nSPS) is 24.2.